The number of nitrogens with zero attached hydrogens (tertiary/aromatic N) is 3. The second-order valence-corrected chi connectivity index (χ2v) is 13.3. The smallest absolute Gasteiger partial charge is 0.497 e. The van der Waals surface area contributed by atoms with Gasteiger partial charge < -0.3 is 18.9 Å². The van der Waals surface area contributed by atoms with E-state index in [1.165, 1.54) is 35.2 Å². The highest BCUT2D eigenvalue weighted by atomic mass is 31.1. The largest absolute Gasteiger partial charge is 0.695 e. The van der Waals surface area contributed by atoms with Crippen molar-refractivity contribution in [2.75, 3.05) is 26.1 Å². The molecule has 55 heavy (non-hydrogen) atoms. The molecule has 7 rings (SSSR count). The molecule has 6 aromatic rings. The molecular formula is C39H36FN5O9P+. The number of benzene rings is 4. The molecule has 14 nitrogen and oxygen atoms in total. The summed E-state index contributed by atoms with van der Waals surface area (Å²) in [6, 6.07) is 30.0. The van der Waals surface area contributed by atoms with Gasteiger partial charge >= 0.3 is 8.25 Å². The lowest BCUT2D eigenvalue weighted by Gasteiger charge is -2.37. The number of halogens is 1. The van der Waals surface area contributed by atoms with Crippen LogP contribution in [0.3, 0.4) is 0 Å². The van der Waals surface area contributed by atoms with Gasteiger partial charge in [-0.25, -0.2) is 9.37 Å². The van der Waals surface area contributed by atoms with Gasteiger partial charge in [0.1, 0.15) is 41.4 Å². The van der Waals surface area contributed by atoms with Crippen LogP contribution < -0.4 is 20.3 Å². The zero-order valence-electron chi connectivity index (χ0n) is 29.6. The summed E-state index contributed by atoms with van der Waals surface area (Å²) in [6.07, 6.45) is -1.37. The highest BCUT2D eigenvalue weighted by Crippen LogP contribution is 2.44. The molecule has 1 unspecified atom stereocenters. The maximum atomic E-state index is 13.3. The number of rotatable bonds is 14. The van der Waals surface area contributed by atoms with E-state index < -0.39 is 49.6 Å². The van der Waals surface area contributed by atoms with E-state index in [4.69, 9.17) is 23.5 Å². The van der Waals surface area contributed by atoms with Crippen molar-refractivity contribution in [1.29, 1.82) is 0 Å². The van der Waals surface area contributed by atoms with E-state index in [1.807, 2.05) is 78.9 Å². The van der Waals surface area contributed by atoms with Crippen LogP contribution in [0.15, 0.2) is 114 Å². The van der Waals surface area contributed by atoms with Gasteiger partial charge in [0.05, 0.1) is 33.6 Å². The quantitative estimate of drug-likeness (QED) is 0.0904. The number of aromatic amines is 1. The molecule has 4 atom stereocenters. The summed E-state index contributed by atoms with van der Waals surface area (Å²) < 4.78 is 56.8. The summed E-state index contributed by atoms with van der Waals surface area (Å²) in [5.74, 6) is 0.240. The molecule has 1 saturated heterocycles. The van der Waals surface area contributed by atoms with Crippen LogP contribution >= 0.6 is 8.25 Å². The lowest BCUT2D eigenvalue weighted by atomic mass is 9.80. The van der Waals surface area contributed by atoms with Gasteiger partial charge in [-0.05, 0) is 58.7 Å². The fourth-order valence-corrected chi connectivity index (χ4v) is 7.14. The highest BCUT2D eigenvalue weighted by molar-refractivity contribution is 7.32. The van der Waals surface area contributed by atoms with Crippen molar-refractivity contribution < 1.29 is 42.1 Å². The summed E-state index contributed by atoms with van der Waals surface area (Å²) in [7, 11) is 0.118. The van der Waals surface area contributed by atoms with Gasteiger partial charge in [0.25, 0.3) is 5.56 Å². The fourth-order valence-electron chi connectivity index (χ4n) is 6.69. The van der Waals surface area contributed by atoms with Crippen LogP contribution in [0.25, 0.3) is 11.2 Å². The monoisotopic (exact) mass is 768 g/mol. The van der Waals surface area contributed by atoms with Gasteiger partial charge in [0.15, 0.2) is 11.2 Å². The zero-order chi connectivity index (χ0) is 38.5. The van der Waals surface area contributed by atoms with Crippen LogP contribution in [0.5, 0.6) is 11.5 Å². The van der Waals surface area contributed by atoms with Gasteiger partial charge in [0.2, 0.25) is 11.9 Å². The van der Waals surface area contributed by atoms with Crippen molar-refractivity contribution in [2.45, 2.75) is 36.9 Å². The minimum Gasteiger partial charge on any atom is -0.497 e. The Labute approximate surface area is 314 Å². The molecule has 1 fully saturated rings. The van der Waals surface area contributed by atoms with E-state index >= 15 is 0 Å². The summed E-state index contributed by atoms with van der Waals surface area (Å²) in [5, 5.41) is 2.57. The molecule has 0 aliphatic carbocycles. The summed E-state index contributed by atoms with van der Waals surface area (Å²) in [6.45, 7) is -0.122. The summed E-state index contributed by atoms with van der Waals surface area (Å²) in [5.41, 5.74) is 1.13. The SMILES string of the molecule is COc1ccc(C(OC[C@H]2O[C@@H](n3cnc4c(=O)[nH]c(NC(=O)Cc5ccc(F)cc5)nc43)C[C@@H]2O[P+](=O)O)(c2ccccc2)c2ccc(OC)cc2)cc1. The molecule has 0 saturated carbocycles. The van der Waals surface area contributed by atoms with E-state index in [1.54, 1.807) is 14.2 Å². The first kappa shape index (κ1) is 37.5. The van der Waals surface area contributed by atoms with Gasteiger partial charge in [-0.2, -0.15) is 4.98 Å². The first-order valence-electron chi connectivity index (χ1n) is 17.1. The maximum Gasteiger partial charge on any atom is 0.695 e. The number of aromatic nitrogens is 4. The lowest BCUT2D eigenvalue weighted by Crippen LogP contribution is -2.38. The number of ether oxygens (including phenoxy) is 4. The Bertz CT molecular complexity index is 2290. The molecule has 3 heterocycles. The molecule has 0 bridgehead atoms. The van der Waals surface area contributed by atoms with Crippen molar-refractivity contribution in [3.05, 3.63) is 148 Å². The van der Waals surface area contributed by atoms with Crippen LogP contribution in [-0.4, -0.2) is 63.4 Å². The molecule has 0 radical (unpaired) electrons. The van der Waals surface area contributed by atoms with E-state index in [9.17, 15) is 23.4 Å². The van der Waals surface area contributed by atoms with Crippen LogP contribution in [0.2, 0.25) is 0 Å². The number of imidazole rings is 1. The number of anilines is 1. The van der Waals surface area contributed by atoms with Gasteiger partial charge in [-0.15, -0.1) is 9.42 Å². The first-order valence-corrected chi connectivity index (χ1v) is 18.3. The molecule has 1 aliphatic rings. The second kappa shape index (κ2) is 16.3. The number of carbonyl (C=O) groups is 1. The number of methoxy groups -OCH3 is 2. The molecule has 0 spiro atoms. The second-order valence-electron chi connectivity index (χ2n) is 12.7. The third-order valence-electron chi connectivity index (χ3n) is 9.32. The standard InChI is InChI=1S/C39H35FN5O9P/c1-50-29-16-10-26(11-17-29)39(25-6-4-3-5-7-25,27-12-18-30(51-2)19-13-27)52-22-32-31(54-55(48)49)21-34(53-32)45-23-41-35-36(45)43-38(44-37(35)47)42-33(46)20-24-8-14-28(40)15-9-24/h3-19,23,31-32,34H,20-22H2,1-2H3,(H2-,42,43,44,46,47,48,49)/p+1/t31-,32+,34+/m0/s1. The maximum absolute atomic E-state index is 13.3. The van der Waals surface area contributed by atoms with Crippen molar-refractivity contribution >= 4 is 31.3 Å². The van der Waals surface area contributed by atoms with Crippen LogP contribution in [0.4, 0.5) is 10.3 Å². The molecule has 1 amide bonds. The van der Waals surface area contributed by atoms with E-state index in [-0.39, 0.29) is 36.6 Å². The van der Waals surface area contributed by atoms with Crippen LogP contribution in [0.1, 0.15) is 34.9 Å². The zero-order valence-corrected chi connectivity index (χ0v) is 30.5. The number of fused-ring (bicyclic) bond motifs is 1. The number of H-pyrrole nitrogens is 1. The van der Waals surface area contributed by atoms with E-state index in [0.29, 0.717) is 17.1 Å². The molecule has 3 N–H and O–H groups in total. The van der Waals surface area contributed by atoms with Crippen molar-refractivity contribution in [2.24, 2.45) is 0 Å². The summed E-state index contributed by atoms with van der Waals surface area (Å²) in [4.78, 5) is 46.9. The van der Waals surface area contributed by atoms with E-state index in [2.05, 4.69) is 20.3 Å². The minimum absolute atomic E-state index is 0.0207. The third-order valence-corrected chi connectivity index (χ3v) is 9.77. The molecular weight excluding hydrogens is 732 g/mol. The van der Waals surface area contributed by atoms with Crippen molar-refractivity contribution in [1.82, 2.24) is 19.5 Å². The van der Waals surface area contributed by atoms with Crippen molar-refractivity contribution in [3.63, 3.8) is 0 Å². The summed E-state index contributed by atoms with van der Waals surface area (Å²) >= 11 is 0. The normalized spacial score (nSPS) is 17.2. The predicted octanol–water partition coefficient (Wildman–Crippen LogP) is 5.79. The van der Waals surface area contributed by atoms with E-state index in [0.717, 1.165) is 16.7 Å². The Kier molecular flexibility index (Phi) is 11.1. The minimum atomic E-state index is -3.05. The average molecular weight is 769 g/mol. The molecule has 282 valence electrons. The Balaban J connectivity index is 1.21. The Morgan fingerprint density at radius 3 is 2.18 bits per heavy atom. The Hall–Kier alpha value is -5.83. The van der Waals surface area contributed by atoms with Crippen LogP contribution in [0, 0.1) is 5.82 Å². The van der Waals surface area contributed by atoms with Crippen molar-refractivity contribution in [3.8, 4) is 11.5 Å². The van der Waals surface area contributed by atoms with Gasteiger partial charge in [-0.3, -0.25) is 24.5 Å². The fraction of sp³-hybridized carbons (Fsp3) is 0.231. The van der Waals surface area contributed by atoms with Gasteiger partial charge in [-0.1, -0.05) is 66.7 Å². The number of amides is 1. The number of hydrogen-bond acceptors (Lipinski definition) is 10. The lowest BCUT2D eigenvalue weighted by molar-refractivity contribution is -0.115. The number of hydrogen-bond donors (Lipinski definition) is 3. The van der Waals surface area contributed by atoms with Gasteiger partial charge in [0, 0.05) is 11.0 Å². The molecule has 16 heteroatoms. The highest BCUT2D eigenvalue weighted by Gasteiger charge is 2.46. The average Bonchev–Trinajstić information content (AvgIpc) is 3.80. The molecule has 2 aromatic heterocycles. The Morgan fingerprint density at radius 1 is 0.964 bits per heavy atom. The number of nitrogens with one attached hydrogen (secondary N) is 2. The molecule has 4 aromatic carbocycles. The number of carbonyl (C=O) groups excluding carboxylic acids is 1. The Morgan fingerprint density at radius 2 is 1.58 bits per heavy atom. The van der Waals surface area contributed by atoms with Crippen LogP contribution in [-0.2, 0) is 35.4 Å². The topological polar surface area (TPSA) is 176 Å². The first-order chi connectivity index (χ1) is 26.7. The third kappa shape index (κ3) is 8.02. The predicted molar refractivity (Wildman–Crippen MR) is 198 cm³/mol. The molecule has 1 aliphatic heterocycles.